The van der Waals surface area contributed by atoms with E-state index in [1.54, 1.807) is 0 Å². The molecule has 1 heterocycles. The molecule has 1 rings (SSSR count). The highest BCUT2D eigenvalue weighted by atomic mass is 16.2. The first-order valence-electron chi connectivity index (χ1n) is 6.06. The van der Waals surface area contributed by atoms with Crippen LogP contribution < -0.4 is 5.32 Å². The van der Waals surface area contributed by atoms with Gasteiger partial charge in [0.05, 0.1) is 6.04 Å². The highest BCUT2D eigenvalue weighted by molar-refractivity contribution is 5.84. The molecule has 0 aromatic heterocycles. The molecule has 1 N–H and O–H groups in total. The molecule has 16 heavy (non-hydrogen) atoms. The van der Waals surface area contributed by atoms with Crippen molar-refractivity contribution >= 4 is 5.91 Å². The Morgan fingerprint density at radius 1 is 1.50 bits per heavy atom. The molecule has 1 aliphatic heterocycles. The van der Waals surface area contributed by atoms with Crippen molar-refractivity contribution in [2.24, 2.45) is 0 Å². The molecule has 90 valence electrons. The van der Waals surface area contributed by atoms with Gasteiger partial charge < -0.3 is 5.32 Å². The van der Waals surface area contributed by atoms with Crippen molar-refractivity contribution in [2.75, 3.05) is 13.1 Å². The van der Waals surface area contributed by atoms with Gasteiger partial charge in [-0.3, -0.25) is 9.69 Å². The van der Waals surface area contributed by atoms with Crippen molar-refractivity contribution in [2.45, 2.75) is 39.7 Å². The van der Waals surface area contributed by atoms with Gasteiger partial charge in [-0.15, -0.1) is 0 Å². The zero-order valence-electron chi connectivity index (χ0n) is 10.5. The van der Waals surface area contributed by atoms with E-state index in [1.165, 1.54) is 0 Å². The van der Waals surface area contributed by atoms with E-state index in [4.69, 9.17) is 0 Å². The Labute approximate surface area is 98.2 Å². The third-order valence-electron chi connectivity index (χ3n) is 3.00. The molecule has 0 aromatic rings. The first kappa shape index (κ1) is 13.0. The third-order valence-corrected chi connectivity index (χ3v) is 3.00. The van der Waals surface area contributed by atoms with Crippen molar-refractivity contribution in [3.63, 3.8) is 0 Å². The van der Waals surface area contributed by atoms with Gasteiger partial charge in [-0.1, -0.05) is 19.1 Å². The van der Waals surface area contributed by atoms with Gasteiger partial charge in [-0.05, 0) is 45.9 Å². The van der Waals surface area contributed by atoms with E-state index in [0.717, 1.165) is 31.6 Å². The van der Waals surface area contributed by atoms with E-state index in [9.17, 15) is 4.79 Å². The fourth-order valence-electron chi connectivity index (χ4n) is 2.12. The lowest BCUT2D eigenvalue weighted by molar-refractivity contribution is -0.124. The van der Waals surface area contributed by atoms with Crippen LogP contribution in [0.3, 0.4) is 0 Å². The molecular formula is C13H22N2O. The maximum Gasteiger partial charge on any atom is 0.241 e. The summed E-state index contributed by atoms with van der Waals surface area (Å²) in [5, 5.41) is 2.97. The van der Waals surface area contributed by atoms with Gasteiger partial charge >= 0.3 is 0 Å². The Kier molecular flexibility index (Phi) is 5.26. The molecule has 0 saturated carbocycles. The Hall–Kier alpha value is -1.09. The van der Waals surface area contributed by atoms with Crippen molar-refractivity contribution in [1.29, 1.82) is 0 Å². The lowest BCUT2D eigenvalue weighted by Crippen LogP contribution is -2.42. The van der Waals surface area contributed by atoms with Crippen molar-refractivity contribution in [1.82, 2.24) is 10.2 Å². The Morgan fingerprint density at radius 2 is 2.25 bits per heavy atom. The molecule has 0 aliphatic carbocycles. The summed E-state index contributed by atoms with van der Waals surface area (Å²) in [7, 11) is 0. The minimum Gasteiger partial charge on any atom is -0.325 e. The minimum absolute atomic E-state index is 0.0604. The van der Waals surface area contributed by atoms with Gasteiger partial charge in [-0.25, -0.2) is 0 Å². The zero-order chi connectivity index (χ0) is 12.0. The number of nitrogens with one attached hydrogen (secondary N) is 1. The standard InChI is InChI=1S/C13H22N2O/c1-4-8-11(5-2)14-13(16)12-9-7-10-15(12)6-3/h4-5,8,12H,6-7,9-10H2,1-3H3,(H,14,16)/b8-4-,11-5+. The van der Waals surface area contributed by atoms with Crippen LogP contribution in [0.4, 0.5) is 0 Å². The van der Waals surface area contributed by atoms with E-state index >= 15 is 0 Å². The number of likely N-dealkylation sites (tertiary alicyclic amines) is 1. The molecule has 1 fully saturated rings. The van der Waals surface area contributed by atoms with Crippen LogP contribution in [-0.2, 0) is 4.79 Å². The Morgan fingerprint density at radius 3 is 2.81 bits per heavy atom. The lowest BCUT2D eigenvalue weighted by Gasteiger charge is -2.21. The van der Waals surface area contributed by atoms with E-state index in [0.29, 0.717) is 0 Å². The van der Waals surface area contributed by atoms with Crippen LogP contribution in [0.2, 0.25) is 0 Å². The highest BCUT2D eigenvalue weighted by Gasteiger charge is 2.29. The van der Waals surface area contributed by atoms with Crippen molar-refractivity contribution in [3.05, 3.63) is 23.9 Å². The zero-order valence-corrected chi connectivity index (χ0v) is 10.5. The van der Waals surface area contributed by atoms with Crippen LogP contribution in [0.15, 0.2) is 23.9 Å². The summed E-state index contributed by atoms with van der Waals surface area (Å²) in [6, 6.07) is 0.0604. The average Bonchev–Trinajstić information content (AvgIpc) is 2.76. The summed E-state index contributed by atoms with van der Waals surface area (Å²) in [4.78, 5) is 14.3. The molecule has 0 aromatic carbocycles. The fraction of sp³-hybridized carbons (Fsp3) is 0.615. The van der Waals surface area contributed by atoms with Crippen LogP contribution in [0.25, 0.3) is 0 Å². The summed E-state index contributed by atoms with van der Waals surface area (Å²) in [5.74, 6) is 0.130. The van der Waals surface area contributed by atoms with Gasteiger partial charge in [0.25, 0.3) is 0 Å². The van der Waals surface area contributed by atoms with Crippen LogP contribution in [0.1, 0.15) is 33.6 Å². The number of likely N-dealkylation sites (N-methyl/N-ethyl adjacent to an activating group) is 1. The summed E-state index contributed by atoms with van der Waals surface area (Å²) < 4.78 is 0. The second-order valence-electron chi connectivity index (χ2n) is 4.02. The second kappa shape index (κ2) is 6.48. The molecule has 3 heteroatoms. The van der Waals surface area contributed by atoms with Gasteiger partial charge in [0.2, 0.25) is 5.91 Å². The summed E-state index contributed by atoms with van der Waals surface area (Å²) in [6.07, 6.45) is 7.88. The summed E-state index contributed by atoms with van der Waals surface area (Å²) in [6.45, 7) is 7.98. The SMILES string of the molecule is C/C=C\C(=C/C)NC(=O)C1CCCN1CC. The predicted octanol–water partition coefficient (Wildman–Crippen LogP) is 2.07. The monoisotopic (exact) mass is 222 g/mol. The van der Waals surface area contributed by atoms with Crippen molar-refractivity contribution in [3.8, 4) is 0 Å². The quantitative estimate of drug-likeness (QED) is 0.738. The fourth-order valence-corrected chi connectivity index (χ4v) is 2.12. The number of hydrogen-bond donors (Lipinski definition) is 1. The Balaban J connectivity index is 2.57. The average molecular weight is 222 g/mol. The molecule has 1 aliphatic rings. The van der Waals surface area contributed by atoms with E-state index < -0.39 is 0 Å². The number of amides is 1. The molecule has 0 radical (unpaired) electrons. The maximum absolute atomic E-state index is 12.0. The number of carbonyl (C=O) groups is 1. The molecule has 1 atom stereocenters. The van der Waals surface area contributed by atoms with Gasteiger partial charge in [-0.2, -0.15) is 0 Å². The number of carbonyl (C=O) groups excluding carboxylic acids is 1. The summed E-state index contributed by atoms with van der Waals surface area (Å²) in [5.41, 5.74) is 0.885. The van der Waals surface area contributed by atoms with Crippen LogP contribution in [0.5, 0.6) is 0 Å². The molecule has 0 spiro atoms. The number of allylic oxidation sites excluding steroid dienone is 3. The van der Waals surface area contributed by atoms with Crippen LogP contribution >= 0.6 is 0 Å². The number of hydrogen-bond acceptors (Lipinski definition) is 2. The molecule has 1 amide bonds. The largest absolute Gasteiger partial charge is 0.325 e. The molecule has 3 nitrogen and oxygen atoms in total. The number of rotatable bonds is 4. The molecular weight excluding hydrogens is 200 g/mol. The van der Waals surface area contributed by atoms with Gasteiger partial charge in [0.1, 0.15) is 0 Å². The first-order valence-corrected chi connectivity index (χ1v) is 6.06. The maximum atomic E-state index is 12.0. The van der Waals surface area contributed by atoms with E-state index in [-0.39, 0.29) is 11.9 Å². The normalized spacial score (nSPS) is 22.9. The Bertz CT molecular complexity index is 294. The van der Waals surface area contributed by atoms with Crippen molar-refractivity contribution < 1.29 is 4.79 Å². The topological polar surface area (TPSA) is 32.3 Å². The van der Waals surface area contributed by atoms with Crippen LogP contribution in [0, 0.1) is 0 Å². The highest BCUT2D eigenvalue weighted by Crippen LogP contribution is 2.16. The second-order valence-corrected chi connectivity index (χ2v) is 4.02. The van der Waals surface area contributed by atoms with Gasteiger partial charge in [0, 0.05) is 5.70 Å². The van der Waals surface area contributed by atoms with Crippen LogP contribution in [-0.4, -0.2) is 29.9 Å². The molecule has 1 saturated heterocycles. The smallest absolute Gasteiger partial charge is 0.241 e. The molecule has 0 bridgehead atoms. The number of nitrogens with zero attached hydrogens (tertiary/aromatic N) is 1. The lowest BCUT2D eigenvalue weighted by atomic mass is 10.2. The first-order chi connectivity index (χ1) is 7.72. The minimum atomic E-state index is 0.0604. The van der Waals surface area contributed by atoms with E-state index in [2.05, 4.69) is 17.1 Å². The van der Waals surface area contributed by atoms with Gasteiger partial charge in [0.15, 0.2) is 0 Å². The van der Waals surface area contributed by atoms with E-state index in [1.807, 2.05) is 32.1 Å². The third kappa shape index (κ3) is 3.20. The predicted molar refractivity (Wildman–Crippen MR) is 67.0 cm³/mol. The summed E-state index contributed by atoms with van der Waals surface area (Å²) >= 11 is 0. The molecule has 1 unspecified atom stereocenters.